The molecule has 252 valence electrons. The molecule has 1 unspecified atom stereocenters. The maximum Gasteiger partial charge on any atom is 0.338 e. The van der Waals surface area contributed by atoms with Crippen LogP contribution in [0.25, 0.3) is 6.08 Å². The lowest BCUT2D eigenvalue weighted by molar-refractivity contribution is -0.116. The van der Waals surface area contributed by atoms with Gasteiger partial charge in [0.2, 0.25) is 5.91 Å². The summed E-state index contributed by atoms with van der Waals surface area (Å²) in [6.45, 7) is 2.40. The van der Waals surface area contributed by atoms with Crippen LogP contribution in [-0.2, 0) is 14.3 Å². The van der Waals surface area contributed by atoms with Crippen LogP contribution in [0.15, 0.2) is 150 Å². The van der Waals surface area contributed by atoms with E-state index in [1.54, 1.807) is 66.7 Å². The molecule has 0 saturated carbocycles. The highest BCUT2D eigenvalue weighted by Gasteiger charge is 2.23. The van der Waals surface area contributed by atoms with Crippen molar-refractivity contribution in [1.29, 1.82) is 0 Å². The Hall–Kier alpha value is -5.93. The summed E-state index contributed by atoms with van der Waals surface area (Å²) in [5, 5.41) is 7.99. The van der Waals surface area contributed by atoms with E-state index in [4.69, 9.17) is 4.74 Å². The SMILES string of the molecule is CCCCOC(=O)c1ccc(NC(=O)C(Sc2ccc(NC(=O)/C(=C/c3ccccc3)NC(=O)c3ccccc3)cc2)c2ccccc2)cc1. The van der Waals surface area contributed by atoms with E-state index in [0.717, 1.165) is 28.9 Å². The molecule has 0 fully saturated rings. The van der Waals surface area contributed by atoms with Gasteiger partial charge in [-0.3, -0.25) is 14.4 Å². The molecule has 50 heavy (non-hydrogen) atoms. The summed E-state index contributed by atoms with van der Waals surface area (Å²) in [7, 11) is 0. The van der Waals surface area contributed by atoms with Crippen LogP contribution in [0.4, 0.5) is 11.4 Å². The minimum Gasteiger partial charge on any atom is -0.462 e. The van der Waals surface area contributed by atoms with Gasteiger partial charge in [0.05, 0.1) is 12.2 Å². The summed E-state index contributed by atoms with van der Waals surface area (Å²) >= 11 is 1.36. The van der Waals surface area contributed by atoms with Crippen molar-refractivity contribution in [2.24, 2.45) is 0 Å². The van der Waals surface area contributed by atoms with Gasteiger partial charge in [-0.25, -0.2) is 4.79 Å². The number of hydrogen-bond donors (Lipinski definition) is 3. The van der Waals surface area contributed by atoms with Crippen LogP contribution in [0.3, 0.4) is 0 Å². The van der Waals surface area contributed by atoms with Crippen molar-refractivity contribution < 1.29 is 23.9 Å². The average molecular weight is 684 g/mol. The molecular weight excluding hydrogens is 647 g/mol. The molecular formula is C41H37N3O5S. The highest BCUT2D eigenvalue weighted by molar-refractivity contribution is 8.00. The molecule has 8 nitrogen and oxygen atoms in total. The Kier molecular flexibility index (Phi) is 12.7. The fourth-order valence-corrected chi connectivity index (χ4v) is 5.83. The van der Waals surface area contributed by atoms with Crippen molar-refractivity contribution in [3.05, 3.63) is 167 Å². The summed E-state index contributed by atoms with van der Waals surface area (Å²) in [5.74, 6) is -1.52. The number of carbonyl (C=O) groups is 4. The first-order chi connectivity index (χ1) is 24.4. The molecule has 0 aliphatic heterocycles. The number of amides is 3. The first-order valence-electron chi connectivity index (χ1n) is 16.2. The van der Waals surface area contributed by atoms with Gasteiger partial charge in [0, 0.05) is 21.8 Å². The van der Waals surface area contributed by atoms with Crippen molar-refractivity contribution in [2.75, 3.05) is 17.2 Å². The standard InChI is InChI=1S/C41H37N3O5S/c1-2-3-27-49-41(48)32-19-21-33(22-20-32)43-40(47)37(30-15-9-5-10-16-30)50-35-25-23-34(24-26-35)42-39(46)36(28-29-13-7-4-8-14-29)44-38(45)31-17-11-6-12-18-31/h4-26,28,37H,2-3,27H2,1H3,(H,42,46)(H,43,47)(H,44,45)/b36-28-. The van der Waals surface area contributed by atoms with E-state index in [0.29, 0.717) is 29.1 Å². The smallest absolute Gasteiger partial charge is 0.338 e. The number of rotatable bonds is 14. The monoisotopic (exact) mass is 683 g/mol. The number of ether oxygens (including phenoxy) is 1. The molecule has 5 aromatic rings. The molecule has 0 aliphatic rings. The molecule has 3 N–H and O–H groups in total. The second-order valence-corrected chi connectivity index (χ2v) is 12.4. The number of hydrogen-bond acceptors (Lipinski definition) is 6. The highest BCUT2D eigenvalue weighted by atomic mass is 32.2. The predicted octanol–water partition coefficient (Wildman–Crippen LogP) is 8.53. The van der Waals surface area contributed by atoms with E-state index < -0.39 is 23.0 Å². The van der Waals surface area contributed by atoms with Gasteiger partial charge in [-0.05, 0) is 84.3 Å². The third-order valence-corrected chi connectivity index (χ3v) is 8.73. The van der Waals surface area contributed by atoms with Crippen LogP contribution < -0.4 is 16.0 Å². The normalized spacial score (nSPS) is 11.6. The molecule has 3 amide bonds. The first-order valence-corrected chi connectivity index (χ1v) is 17.1. The van der Waals surface area contributed by atoms with Crippen LogP contribution in [0.1, 0.15) is 56.9 Å². The van der Waals surface area contributed by atoms with E-state index in [1.165, 1.54) is 11.8 Å². The second kappa shape index (κ2) is 18.0. The average Bonchev–Trinajstić information content (AvgIpc) is 3.15. The van der Waals surface area contributed by atoms with E-state index in [9.17, 15) is 19.2 Å². The minimum atomic E-state index is -0.594. The fourth-order valence-electron chi connectivity index (χ4n) is 4.80. The Balaban J connectivity index is 1.27. The number of thioether (sulfide) groups is 1. The summed E-state index contributed by atoms with van der Waals surface area (Å²) in [6.07, 6.45) is 3.36. The summed E-state index contributed by atoms with van der Waals surface area (Å²) in [6, 6.07) is 41.2. The minimum absolute atomic E-state index is 0.0886. The quantitative estimate of drug-likeness (QED) is 0.0468. The third kappa shape index (κ3) is 10.3. The molecule has 0 saturated heterocycles. The van der Waals surface area contributed by atoms with Crippen LogP contribution in [0.2, 0.25) is 0 Å². The lowest BCUT2D eigenvalue weighted by Gasteiger charge is -2.18. The largest absolute Gasteiger partial charge is 0.462 e. The molecule has 1 atom stereocenters. The maximum absolute atomic E-state index is 13.6. The Morgan fingerprint density at radius 2 is 1.26 bits per heavy atom. The molecule has 0 spiro atoms. The van der Waals surface area contributed by atoms with Gasteiger partial charge in [-0.15, -0.1) is 11.8 Å². The zero-order valence-corrected chi connectivity index (χ0v) is 28.3. The summed E-state index contributed by atoms with van der Waals surface area (Å²) < 4.78 is 5.28. The number of anilines is 2. The number of carbonyl (C=O) groups excluding carboxylic acids is 4. The first kappa shape index (κ1) is 35.4. The Labute approximate surface area is 296 Å². The zero-order valence-electron chi connectivity index (χ0n) is 27.5. The van der Waals surface area contributed by atoms with Crippen LogP contribution in [-0.4, -0.2) is 30.3 Å². The molecule has 9 heteroatoms. The third-order valence-electron chi connectivity index (χ3n) is 7.47. The van der Waals surface area contributed by atoms with E-state index in [-0.39, 0.29) is 11.6 Å². The van der Waals surface area contributed by atoms with Crippen LogP contribution in [0, 0.1) is 0 Å². The number of esters is 1. The molecule has 5 aromatic carbocycles. The Morgan fingerprint density at radius 3 is 1.90 bits per heavy atom. The van der Waals surface area contributed by atoms with E-state index in [1.807, 2.05) is 85.8 Å². The van der Waals surface area contributed by atoms with Crippen molar-refractivity contribution >= 4 is 52.9 Å². The summed E-state index contributed by atoms with van der Waals surface area (Å²) in [4.78, 5) is 53.1. The van der Waals surface area contributed by atoms with E-state index in [2.05, 4.69) is 16.0 Å². The summed E-state index contributed by atoms with van der Waals surface area (Å²) in [5.41, 5.74) is 3.57. The molecule has 0 aliphatic carbocycles. The van der Waals surface area contributed by atoms with Crippen molar-refractivity contribution in [3.63, 3.8) is 0 Å². The molecule has 0 heterocycles. The zero-order chi connectivity index (χ0) is 35.1. The van der Waals surface area contributed by atoms with Gasteiger partial charge in [0.15, 0.2) is 0 Å². The van der Waals surface area contributed by atoms with Gasteiger partial charge >= 0.3 is 5.97 Å². The van der Waals surface area contributed by atoms with Crippen molar-refractivity contribution in [1.82, 2.24) is 5.32 Å². The Bertz CT molecular complexity index is 1920. The molecule has 5 rings (SSSR count). The number of nitrogens with one attached hydrogen (secondary N) is 3. The van der Waals surface area contributed by atoms with Gasteiger partial charge in [0.25, 0.3) is 11.8 Å². The lowest BCUT2D eigenvalue weighted by atomic mass is 10.1. The van der Waals surface area contributed by atoms with Gasteiger partial charge in [-0.2, -0.15) is 0 Å². The molecule has 0 bridgehead atoms. The van der Waals surface area contributed by atoms with Crippen LogP contribution in [0.5, 0.6) is 0 Å². The maximum atomic E-state index is 13.6. The van der Waals surface area contributed by atoms with Crippen molar-refractivity contribution in [2.45, 2.75) is 29.9 Å². The lowest BCUT2D eigenvalue weighted by Crippen LogP contribution is -2.30. The molecule has 0 aromatic heterocycles. The number of unbranched alkanes of at least 4 members (excludes halogenated alkanes) is 1. The fraction of sp³-hybridized carbons (Fsp3) is 0.122. The Morgan fingerprint density at radius 1 is 0.680 bits per heavy atom. The second-order valence-electron chi connectivity index (χ2n) is 11.2. The van der Waals surface area contributed by atoms with Crippen molar-refractivity contribution in [3.8, 4) is 0 Å². The highest BCUT2D eigenvalue weighted by Crippen LogP contribution is 2.37. The number of benzene rings is 5. The van der Waals surface area contributed by atoms with Gasteiger partial charge in [-0.1, -0.05) is 92.2 Å². The predicted molar refractivity (Wildman–Crippen MR) is 199 cm³/mol. The van der Waals surface area contributed by atoms with Gasteiger partial charge < -0.3 is 20.7 Å². The molecule has 0 radical (unpaired) electrons. The van der Waals surface area contributed by atoms with Crippen LogP contribution >= 0.6 is 11.8 Å². The van der Waals surface area contributed by atoms with Gasteiger partial charge in [0.1, 0.15) is 10.9 Å². The topological polar surface area (TPSA) is 114 Å². The van der Waals surface area contributed by atoms with E-state index >= 15 is 0 Å².